The number of nitrogens with one attached hydrogen (secondary N) is 1. The molecule has 0 saturated heterocycles. The molecule has 1 heterocycles. The highest BCUT2D eigenvalue weighted by molar-refractivity contribution is 6.30. The fourth-order valence-electron chi connectivity index (χ4n) is 1.88. The Morgan fingerprint density at radius 1 is 1.05 bits per heavy atom. The van der Waals surface area contributed by atoms with Gasteiger partial charge in [0.15, 0.2) is 0 Å². The summed E-state index contributed by atoms with van der Waals surface area (Å²) in [6, 6.07) is 8.64. The average Bonchev–Trinajstić information content (AvgIpc) is 2.36. The van der Waals surface area contributed by atoms with Gasteiger partial charge < -0.3 is 5.32 Å². The zero-order valence-corrected chi connectivity index (χ0v) is 12.4. The van der Waals surface area contributed by atoms with Crippen molar-refractivity contribution in [3.05, 3.63) is 51.9 Å². The van der Waals surface area contributed by atoms with Crippen LogP contribution in [0.2, 0.25) is 5.15 Å². The molecular weight excluding hydrogens is 258 g/mol. The molecule has 3 nitrogen and oxygen atoms in total. The SMILES string of the molecule is Cc1ccc(C(C)Nc2nc(C)nc(Cl)c2C)cc1. The van der Waals surface area contributed by atoms with Crippen LogP contribution >= 0.6 is 11.6 Å². The van der Waals surface area contributed by atoms with Gasteiger partial charge in [-0.05, 0) is 33.3 Å². The van der Waals surface area contributed by atoms with Crippen molar-refractivity contribution in [2.75, 3.05) is 5.32 Å². The first-order valence-electron chi connectivity index (χ1n) is 6.31. The van der Waals surface area contributed by atoms with Gasteiger partial charge in [0.05, 0.1) is 0 Å². The molecule has 0 aliphatic rings. The normalized spacial score (nSPS) is 12.3. The Bertz CT molecular complexity index is 579. The van der Waals surface area contributed by atoms with Crippen molar-refractivity contribution in [3.63, 3.8) is 0 Å². The fraction of sp³-hybridized carbons (Fsp3) is 0.333. The Kier molecular flexibility index (Phi) is 4.05. The molecular formula is C15H18ClN3. The van der Waals surface area contributed by atoms with Crippen molar-refractivity contribution in [2.45, 2.75) is 33.7 Å². The van der Waals surface area contributed by atoms with Gasteiger partial charge in [-0.25, -0.2) is 9.97 Å². The van der Waals surface area contributed by atoms with Crippen LogP contribution in [0.4, 0.5) is 5.82 Å². The van der Waals surface area contributed by atoms with Gasteiger partial charge in [-0.2, -0.15) is 0 Å². The first-order chi connectivity index (χ1) is 8.97. The summed E-state index contributed by atoms with van der Waals surface area (Å²) in [5.74, 6) is 1.47. The van der Waals surface area contributed by atoms with E-state index in [1.54, 1.807) is 0 Å². The Balaban J connectivity index is 2.23. The summed E-state index contributed by atoms with van der Waals surface area (Å²) >= 11 is 6.08. The third kappa shape index (κ3) is 3.24. The summed E-state index contributed by atoms with van der Waals surface area (Å²) in [5.41, 5.74) is 3.36. The van der Waals surface area contributed by atoms with Crippen molar-refractivity contribution in [2.24, 2.45) is 0 Å². The molecule has 4 heteroatoms. The Labute approximate surface area is 119 Å². The van der Waals surface area contributed by atoms with E-state index in [0.29, 0.717) is 11.0 Å². The van der Waals surface area contributed by atoms with Gasteiger partial charge in [-0.1, -0.05) is 41.4 Å². The molecule has 0 bridgehead atoms. The summed E-state index contributed by atoms with van der Waals surface area (Å²) in [6.07, 6.45) is 0. The average molecular weight is 276 g/mol. The van der Waals surface area contributed by atoms with Crippen LogP contribution in [-0.4, -0.2) is 9.97 Å². The van der Waals surface area contributed by atoms with Gasteiger partial charge in [0.25, 0.3) is 0 Å². The van der Waals surface area contributed by atoms with Crippen molar-refractivity contribution >= 4 is 17.4 Å². The van der Waals surface area contributed by atoms with E-state index in [-0.39, 0.29) is 6.04 Å². The lowest BCUT2D eigenvalue weighted by Gasteiger charge is -2.17. The van der Waals surface area contributed by atoms with Gasteiger partial charge in [0.1, 0.15) is 16.8 Å². The van der Waals surface area contributed by atoms with Crippen LogP contribution in [0.15, 0.2) is 24.3 Å². The van der Waals surface area contributed by atoms with Gasteiger partial charge in [0, 0.05) is 11.6 Å². The number of halogens is 1. The number of anilines is 1. The first-order valence-corrected chi connectivity index (χ1v) is 6.69. The van der Waals surface area contributed by atoms with Crippen molar-refractivity contribution in [1.29, 1.82) is 0 Å². The first kappa shape index (κ1) is 13.8. The smallest absolute Gasteiger partial charge is 0.137 e. The molecule has 0 saturated carbocycles. The summed E-state index contributed by atoms with van der Waals surface area (Å²) in [7, 11) is 0. The van der Waals surface area contributed by atoms with E-state index in [0.717, 1.165) is 11.4 Å². The number of hydrogen-bond donors (Lipinski definition) is 1. The van der Waals surface area contributed by atoms with Crippen LogP contribution in [0, 0.1) is 20.8 Å². The molecule has 1 N–H and O–H groups in total. The minimum atomic E-state index is 0.171. The maximum Gasteiger partial charge on any atom is 0.137 e. The predicted molar refractivity (Wildman–Crippen MR) is 79.7 cm³/mol. The molecule has 2 rings (SSSR count). The van der Waals surface area contributed by atoms with Crippen molar-refractivity contribution in [3.8, 4) is 0 Å². The highest BCUT2D eigenvalue weighted by atomic mass is 35.5. The second-order valence-corrected chi connectivity index (χ2v) is 5.17. The minimum Gasteiger partial charge on any atom is -0.363 e. The van der Waals surface area contributed by atoms with E-state index in [1.807, 2.05) is 13.8 Å². The number of hydrogen-bond acceptors (Lipinski definition) is 3. The maximum atomic E-state index is 6.08. The number of aromatic nitrogens is 2. The van der Waals surface area contributed by atoms with E-state index in [1.165, 1.54) is 11.1 Å². The van der Waals surface area contributed by atoms with Gasteiger partial charge in [-0.3, -0.25) is 0 Å². The molecule has 1 aromatic heterocycles. The Morgan fingerprint density at radius 3 is 2.32 bits per heavy atom. The molecule has 19 heavy (non-hydrogen) atoms. The van der Waals surface area contributed by atoms with E-state index >= 15 is 0 Å². The number of nitrogens with zero attached hydrogens (tertiary/aromatic N) is 2. The van der Waals surface area contributed by atoms with Gasteiger partial charge in [0.2, 0.25) is 0 Å². The topological polar surface area (TPSA) is 37.8 Å². The highest BCUT2D eigenvalue weighted by Gasteiger charge is 2.11. The predicted octanol–water partition coefficient (Wildman–Crippen LogP) is 4.23. The second kappa shape index (κ2) is 5.57. The van der Waals surface area contributed by atoms with Crippen molar-refractivity contribution in [1.82, 2.24) is 9.97 Å². The van der Waals surface area contributed by atoms with Gasteiger partial charge in [-0.15, -0.1) is 0 Å². The van der Waals surface area contributed by atoms with Gasteiger partial charge >= 0.3 is 0 Å². The second-order valence-electron chi connectivity index (χ2n) is 4.81. The Hall–Kier alpha value is -1.61. The Morgan fingerprint density at radius 2 is 1.68 bits per heavy atom. The summed E-state index contributed by atoms with van der Waals surface area (Å²) < 4.78 is 0. The van der Waals surface area contributed by atoms with Crippen LogP contribution in [-0.2, 0) is 0 Å². The quantitative estimate of drug-likeness (QED) is 0.852. The lowest BCUT2D eigenvalue weighted by atomic mass is 10.1. The van der Waals surface area contributed by atoms with Crippen LogP contribution in [0.5, 0.6) is 0 Å². The zero-order chi connectivity index (χ0) is 14.0. The summed E-state index contributed by atoms with van der Waals surface area (Å²) in [6.45, 7) is 7.95. The monoisotopic (exact) mass is 275 g/mol. The summed E-state index contributed by atoms with van der Waals surface area (Å²) in [4.78, 5) is 8.55. The lowest BCUT2D eigenvalue weighted by molar-refractivity contribution is 0.862. The van der Waals surface area contributed by atoms with Crippen LogP contribution < -0.4 is 5.32 Å². The molecule has 2 aromatic rings. The van der Waals surface area contributed by atoms with E-state index < -0.39 is 0 Å². The molecule has 0 aliphatic carbocycles. The molecule has 0 fully saturated rings. The third-order valence-electron chi connectivity index (χ3n) is 3.13. The molecule has 0 radical (unpaired) electrons. The highest BCUT2D eigenvalue weighted by Crippen LogP contribution is 2.24. The zero-order valence-electron chi connectivity index (χ0n) is 11.7. The van der Waals surface area contributed by atoms with E-state index in [2.05, 4.69) is 53.4 Å². The molecule has 100 valence electrons. The standard InChI is InChI=1S/C15H18ClN3/c1-9-5-7-13(8-6-9)11(3)17-15-10(2)14(16)18-12(4)19-15/h5-8,11H,1-4H3,(H,17,18,19). The maximum absolute atomic E-state index is 6.08. The number of rotatable bonds is 3. The number of aryl methyl sites for hydroxylation is 2. The van der Waals surface area contributed by atoms with E-state index in [4.69, 9.17) is 11.6 Å². The third-order valence-corrected chi connectivity index (χ3v) is 3.50. The molecule has 1 aromatic carbocycles. The molecule has 1 atom stereocenters. The van der Waals surface area contributed by atoms with Crippen LogP contribution in [0.3, 0.4) is 0 Å². The minimum absolute atomic E-state index is 0.171. The lowest BCUT2D eigenvalue weighted by Crippen LogP contribution is -2.10. The molecule has 0 aliphatic heterocycles. The molecule has 1 unspecified atom stereocenters. The molecule has 0 amide bonds. The van der Waals surface area contributed by atoms with E-state index in [9.17, 15) is 0 Å². The number of benzene rings is 1. The van der Waals surface area contributed by atoms with Crippen LogP contribution in [0.1, 0.15) is 35.5 Å². The van der Waals surface area contributed by atoms with Crippen molar-refractivity contribution < 1.29 is 0 Å². The largest absolute Gasteiger partial charge is 0.363 e. The van der Waals surface area contributed by atoms with Crippen LogP contribution in [0.25, 0.3) is 0 Å². The molecule has 0 spiro atoms. The summed E-state index contributed by atoms with van der Waals surface area (Å²) in [5, 5.41) is 3.90. The fourth-order valence-corrected chi connectivity index (χ4v) is 2.09.